The molecule has 0 radical (unpaired) electrons. The number of imide groups is 1. The summed E-state index contributed by atoms with van der Waals surface area (Å²) < 4.78 is 5.66. The number of hydrogen-bond donors (Lipinski definition) is 1. The number of ether oxygens (including phenoxy) is 1. The summed E-state index contributed by atoms with van der Waals surface area (Å²) in [6.07, 6.45) is 0.542. The Balaban J connectivity index is 1.37. The molecule has 0 bridgehead atoms. The fourth-order valence-electron chi connectivity index (χ4n) is 3.09. The van der Waals surface area contributed by atoms with E-state index in [1.807, 2.05) is 48.5 Å². The maximum atomic E-state index is 11.6. The molecule has 2 heterocycles. The van der Waals surface area contributed by atoms with E-state index in [-0.39, 0.29) is 16.4 Å². The van der Waals surface area contributed by atoms with Gasteiger partial charge in [-0.3, -0.25) is 14.9 Å². The van der Waals surface area contributed by atoms with E-state index >= 15 is 0 Å². The maximum Gasteiger partial charge on any atom is 0.286 e. The molecular weight excluding hydrogens is 360 g/mol. The van der Waals surface area contributed by atoms with Crippen LogP contribution in [-0.4, -0.2) is 36.1 Å². The summed E-state index contributed by atoms with van der Waals surface area (Å²) in [5, 5.41) is 1.71. The van der Waals surface area contributed by atoms with Gasteiger partial charge in [0, 0.05) is 5.56 Å². The van der Waals surface area contributed by atoms with Crippen LogP contribution in [0.25, 0.3) is 0 Å². The van der Waals surface area contributed by atoms with E-state index in [2.05, 4.69) is 22.1 Å². The fraction of sp³-hybridized carbons (Fsp3) is 0.238. The SMILES string of the molecule is O=C1NC(=O)C(Cc2ccc(C#CCN3CCOc4ccccc43)cc2)S1. The number of benzene rings is 2. The number of carbonyl (C=O) groups is 2. The van der Waals surface area contributed by atoms with Gasteiger partial charge in [0.25, 0.3) is 5.24 Å². The van der Waals surface area contributed by atoms with Crippen molar-refractivity contribution in [3.63, 3.8) is 0 Å². The van der Waals surface area contributed by atoms with Gasteiger partial charge in [-0.2, -0.15) is 0 Å². The van der Waals surface area contributed by atoms with Gasteiger partial charge >= 0.3 is 0 Å². The maximum absolute atomic E-state index is 11.6. The number of hydrogen-bond acceptors (Lipinski definition) is 5. The van der Waals surface area contributed by atoms with E-state index in [9.17, 15) is 9.59 Å². The highest BCUT2D eigenvalue weighted by Gasteiger charge is 2.31. The number of para-hydroxylation sites is 2. The summed E-state index contributed by atoms with van der Waals surface area (Å²) in [5.41, 5.74) is 3.03. The molecular formula is C21H18N2O3S. The molecule has 5 nitrogen and oxygen atoms in total. The second-order valence-corrected chi connectivity index (χ2v) is 7.50. The molecule has 2 aliphatic rings. The number of fused-ring (bicyclic) bond motifs is 1. The second kappa shape index (κ2) is 7.77. The number of nitrogens with one attached hydrogen (secondary N) is 1. The molecule has 1 N–H and O–H groups in total. The number of nitrogens with zero attached hydrogens (tertiary/aromatic N) is 1. The lowest BCUT2D eigenvalue weighted by molar-refractivity contribution is -0.118. The van der Waals surface area contributed by atoms with Gasteiger partial charge in [0.1, 0.15) is 12.4 Å². The van der Waals surface area contributed by atoms with Crippen molar-refractivity contribution in [2.24, 2.45) is 0 Å². The normalized spacial score (nSPS) is 18.2. The predicted molar refractivity (Wildman–Crippen MR) is 106 cm³/mol. The van der Waals surface area contributed by atoms with Gasteiger partial charge in [-0.05, 0) is 36.2 Å². The Morgan fingerprint density at radius 2 is 1.96 bits per heavy atom. The molecule has 4 rings (SSSR count). The molecule has 6 heteroatoms. The van der Waals surface area contributed by atoms with Gasteiger partial charge < -0.3 is 9.64 Å². The number of amides is 2. The van der Waals surface area contributed by atoms with Gasteiger partial charge in [0.15, 0.2) is 0 Å². The Labute approximate surface area is 162 Å². The fourth-order valence-corrected chi connectivity index (χ4v) is 3.95. The van der Waals surface area contributed by atoms with Crippen molar-refractivity contribution in [2.45, 2.75) is 11.7 Å². The third-order valence-corrected chi connectivity index (χ3v) is 5.45. The topological polar surface area (TPSA) is 58.6 Å². The van der Waals surface area contributed by atoms with E-state index in [0.29, 0.717) is 19.6 Å². The van der Waals surface area contributed by atoms with Crippen LogP contribution in [0.4, 0.5) is 10.5 Å². The standard InChI is InChI=1S/C21H18N2O3S/c24-20-19(27-21(25)22-20)14-16-9-7-15(8-10-16)4-3-11-23-12-13-26-18-6-2-1-5-17(18)23/h1-2,5-10,19H,11-14H2,(H,22,24,25). The highest BCUT2D eigenvalue weighted by molar-refractivity contribution is 8.15. The Kier molecular flexibility index (Phi) is 5.03. The first-order valence-electron chi connectivity index (χ1n) is 8.75. The molecule has 1 unspecified atom stereocenters. The predicted octanol–water partition coefficient (Wildman–Crippen LogP) is 2.83. The Morgan fingerprint density at radius 1 is 1.15 bits per heavy atom. The van der Waals surface area contributed by atoms with Crippen LogP contribution >= 0.6 is 11.8 Å². The zero-order valence-electron chi connectivity index (χ0n) is 14.6. The number of rotatable bonds is 3. The summed E-state index contributed by atoms with van der Waals surface area (Å²) in [7, 11) is 0. The summed E-state index contributed by atoms with van der Waals surface area (Å²) in [6.45, 7) is 2.14. The van der Waals surface area contributed by atoms with Crippen molar-refractivity contribution in [2.75, 3.05) is 24.6 Å². The third kappa shape index (κ3) is 4.09. The van der Waals surface area contributed by atoms with E-state index in [1.165, 1.54) is 0 Å². The van der Waals surface area contributed by atoms with Crippen molar-refractivity contribution < 1.29 is 14.3 Å². The largest absolute Gasteiger partial charge is 0.490 e. The van der Waals surface area contributed by atoms with Gasteiger partial charge in [0.2, 0.25) is 5.91 Å². The monoisotopic (exact) mass is 378 g/mol. The number of anilines is 1. The molecule has 2 aromatic rings. The summed E-state index contributed by atoms with van der Waals surface area (Å²) >= 11 is 1.05. The quantitative estimate of drug-likeness (QED) is 0.833. The molecule has 2 aliphatic heterocycles. The first-order valence-corrected chi connectivity index (χ1v) is 9.63. The zero-order chi connectivity index (χ0) is 18.6. The van der Waals surface area contributed by atoms with Crippen molar-refractivity contribution in [1.29, 1.82) is 0 Å². The minimum atomic E-state index is -0.337. The highest BCUT2D eigenvalue weighted by Crippen LogP contribution is 2.30. The van der Waals surface area contributed by atoms with Crippen LogP contribution in [-0.2, 0) is 11.2 Å². The van der Waals surface area contributed by atoms with E-state index in [4.69, 9.17) is 4.74 Å². The molecule has 27 heavy (non-hydrogen) atoms. The summed E-state index contributed by atoms with van der Waals surface area (Å²) in [6, 6.07) is 15.8. The third-order valence-electron chi connectivity index (χ3n) is 4.47. The molecule has 1 fully saturated rings. The van der Waals surface area contributed by atoms with Gasteiger partial charge in [-0.25, -0.2) is 0 Å². The van der Waals surface area contributed by atoms with Crippen molar-refractivity contribution in [3.8, 4) is 17.6 Å². The minimum Gasteiger partial charge on any atom is -0.490 e. The smallest absolute Gasteiger partial charge is 0.286 e. The summed E-state index contributed by atoms with van der Waals surface area (Å²) in [4.78, 5) is 25.1. The molecule has 0 saturated carbocycles. The molecule has 1 atom stereocenters. The molecule has 0 spiro atoms. The first-order chi connectivity index (χ1) is 13.2. The lowest BCUT2D eigenvalue weighted by Crippen LogP contribution is -2.32. The minimum absolute atomic E-state index is 0.209. The highest BCUT2D eigenvalue weighted by atomic mass is 32.2. The van der Waals surface area contributed by atoms with Crippen LogP contribution in [0.15, 0.2) is 48.5 Å². The first kappa shape index (κ1) is 17.5. The number of carbonyl (C=O) groups excluding carboxylic acids is 2. The molecule has 0 aliphatic carbocycles. The summed E-state index contributed by atoms with van der Waals surface area (Å²) in [5.74, 6) is 7.11. The molecule has 2 aromatic carbocycles. The van der Waals surface area contributed by atoms with E-state index < -0.39 is 0 Å². The van der Waals surface area contributed by atoms with Gasteiger partial charge in [0.05, 0.1) is 24.0 Å². The van der Waals surface area contributed by atoms with Crippen LogP contribution in [0, 0.1) is 11.8 Å². The Morgan fingerprint density at radius 3 is 2.74 bits per heavy atom. The van der Waals surface area contributed by atoms with Gasteiger partial charge in [-0.15, -0.1) is 0 Å². The van der Waals surface area contributed by atoms with E-state index in [0.717, 1.165) is 40.9 Å². The van der Waals surface area contributed by atoms with Crippen molar-refractivity contribution in [3.05, 3.63) is 59.7 Å². The molecule has 136 valence electrons. The molecule has 0 aromatic heterocycles. The van der Waals surface area contributed by atoms with Crippen LogP contribution in [0.3, 0.4) is 0 Å². The Bertz CT molecular complexity index is 930. The van der Waals surface area contributed by atoms with Crippen LogP contribution in [0.1, 0.15) is 11.1 Å². The molecule has 2 amide bonds. The van der Waals surface area contributed by atoms with Crippen molar-refractivity contribution >= 4 is 28.6 Å². The van der Waals surface area contributed by atoms with Crippen LogP contribution in [0.5, 0.6) is 5.75 Å². The average molecular weight is 378 g/mol. The zero-order valence-corrected chi connectivity index (χ0v) is 15.4. The lowest BCUT2D eigenvalue weighted by Gasteiger charge is -2.29. The van der Waals surface area contributed by atoms with E-state index in [1.54, 1.807) is 0 Å². The molecule has 1 saturated heterocycles. The number of thioether (sulfide) groups is 1. The lowest BCUT2D eigenvalue weighted by atomic mass is 10.1. The van der Waals surface area contributed by atoms with Crippen LogP contribution in [0.2, 0.25) is 0 Å². The van der Waals surface area contributed by atoms with Crippen molar-refractivity contribution in [1.82, 2.24) is 5.32 Å². The Hall–Kier alpha value is -2.91. The second-order valence-electron chi connectivity index (χ2n) is 6.32. The van der Waals surface area contributed by atoms with Gasteiger partial charge in [-0.1, -0.05) is 47.9 Å². The average Bonchev–Trinajstić information content (AvgIpc) is 3.00. The van der Waals surface area contributed by atoms with Crippen LogP contribution < -0.4 is 15.0 Å².